The Morgan fingerprint density at radius 2 is 0.955 bits per heavy atom. The maximum Gasteiger partial charge on any atom is 0.331 e. The van der Waals surface area contributed by atoms with Crippen LogP contribution in [0.2, 0.25) is 0 Å². The minimum Gasteiger partial charge on any atom is -0.478 e. The average molecular weight is 683 g/mol. The number of esters is 2. The molecular weight excluding hydrogens is 649 g/mol. The average Bonchev–Trinajstić information content (AvgIpc) is 3.02. The number of hydrogen-bond donors (Lipinski definition) is 2. The van der Waals surface area contributed by atoms with Gasteiger partial charge in [0.2, 0.25) is 0 Å². The largest absolute Gasteiger partial charge is 0.478 e. The fourth-order valence-corrected chi connectivity index (χ4v) is 5.75. The number of carboxylic acids is 2. The first-order chi connectivity index (χ1) is 21.2. The second-order valence-corrected chi connectivity index (χ2v) is 12.5. The van der Waals surface area contributed by atoms with Gasteiger partial charge in [-0.15, -0.1) is 47.0 Å². The predicted molar refractivity (Wildman–Crippen MR) is 173 cm³/mol. The van der Waals surface area contributed by atoms with Crippen molar-refractivity contribution in [3.05, 3.63) is 72.8 Å². The molecule has 238 valence electrons. The molecule has 0 bridgehead atoms. The number of benzene rings is 2. The van der Waals surface area contributed by atoms with Crippen molar-refractivity contribution in [1.29, 1.82) is 0 Å². The summed E-state index contributed by atoms with van der Waals surface area (Å²) in [5, 5.41) is 17.5. The number of carboxylic acid groups (broad SMARTS) is 2. The molecule has 0 fully saturated rings. The molecule has 2 aromatic rings. The molecule has 0 heterocycles. The van der Waals surface area contributed by atoms with E-state index in [4.69, 9.17) is 29.2 Å². The highest BCUT2D eigenvalue weighted by molar-refractivity contribution is 8.00. The standard InChI is InChI=1S/C30H34O10S4/c1-41-23-3-7-25(8-4-23)43-19-21(39-29(35)13-11-27(31)32)17-37-15-16-38-18-22(40-30(36)14-12-28(33)34)20-44-26-9-5-24(42-2)6-10-26/h3-14,21-22H,15-20H2,1-2H3,(H,31,32)(H,33,34)/b13-11+,14-12+. The van der Waals surface area contributed by atoms with Crippen LogP contribution < -0.4 is 0 Å². The molecule has 44 heavy (non-hydrogen) atoms. The van der Waals surface area contributed by atoms with E-state index >= 15 is 0 Å². The van der Waals surface area contributed by atoms with Gasteiger partial charge in [0.25, 0.3) is 0 Å². The lowest BCUT2D eigenvalue weighted by Gasteiger charge is -2.19. The number of hydrogen-bond acceptors (Lipinski definition) is 12. The zero-order chi connectivity index (χ0) is 32.2. The van der Waals surface area contributed by atoms with Crippen LogP contribution in [-0.4, -0.2) is 96.7 Å². The number of rotatable bonds is 21. The van der Waals surface area contributed by atoms with Crippen LogP contribution in [-0.2, 0) is 38.1 Å². The van der Waals surface area contributed by atoms with Crippen molar-refractivity contribution in [2.24, 2.45) is 0 Å². The van der Waals surface area contributed by atoms with E-state index in [-0.39, 0.29) is 26.4 Å². The van der Waals surface area contributed by atoms with Gasteiger partial charge in [-0.1, -0.05) is 0 Å². The third-order valence-corrected chi connectivity index (χ3v) is 9.03. The van der Waals surface area contributed by atoms with Crippen LogP contribution in [0.1, 0.15) is 0 Å². The van der Waals surface area contributed by atoms with Crippen LogP contribution in [0, 0.1) is 0 Å². The number of carbonyl (C=O) groups excluding carboxylic acids is 2. The van der Waals surface area contributed by atoms with Crippen LogP contribution in [0.4, 0.5) is 0 Å². The maximum atomic E-state index is 12.1. The Balaban J connectivity index is 1.87. The molecule has 2 aromatic carbocycles. The second kappa shape index (κ2) is 21.8. The first-order valence-electron chi connectivity index (χ1n) is 13.1. The number of ether oxygens (including phenoxy) is 4. The van der Waals surface area contributed by atoms with Crippen LogP contribution >= 0.6 is 47.0 Å². The van der Waals surface area contributed by atoms with Crippen molar-refractivity contribution in [2.75, 3.05) is 50.4 Å². The Kier molecular flexibility index (Phi) is 18.4. The molecule has 2 N–H and O–H groups in total. The molecule has 2 unspecified atom stereocenters. The highest BCUT2D eigenvalue weighted by atomic mass is 32.2. The summed E-state index contributed by atoms with van der Waals surface area (Å²) >= 11 is 6.20. The van der Waals surface area contributed by atoms with Gasteiger partial charge >= 0.3 is 23.9 Å². The Morgan fingerprint density at radius 1 is 0.614 bits per heavy atom. The lowest BCUT2D eigenvalue weighted by atomic mass is 10.4. The molecule has 0 radical (unpaired) electrons. The van der Waals surface area contributed by atoms with Gasteiger partial charge in [-0.3, -0.25) is 0 Å². The molecule has 0 aromatic heterocycles. The Bertz CT molecular complexity index is 1150. The van der Waals surface area contributed by atoms with Gasteiger partial charge in [0.1, 0.15) is 12.2 Å². The molecule has 0 aliphatic heterocycles. The summed E-state index contributed by atoms with van der Waals surface area (Å²) in [4.78, 5) is 49.8. The zero-order valence-electron chi connectivity index (χ0n) is 24.1. The lowest BCUT2D eigenvalue weighted by Crippen LogP contribution is -2.28. The summed E-state index contributed by atoms with van der Waals surface area (Å²) in [7, 11) is 0. The van der Waals surface area contributed by atoms with Crippen molar-refractivity contribution in [3.8, 4) is 0 Å². The molecule has 0 saturated carbocycles. The highest BCUT2D eigenvalue weighted by Crippen LogP contribution is 2.24. The quantitative estimate of drug-likeness (QED) is 0.0774. The van der Waals surface area contributed by atoms with E-state index in [1.807, 2.05) is 61.0 Å². The van der Waals surface area contributed by atoms with E-state index in [0.717, 1.165) is 31.7 Å². The Labute approximate surface area is 273 Å². The Hall–Kier alpha value is -2.88. The van der Waals surface area contributed by atoms with E-state index in [2.05, 4.69) is 0 Å². The molecule has 0 amide bonds. The summed E-state index contributed by atoms with van der Waals surface area (Å²) < 4.78 is 22.1. The van der Waals surface area contributed by atoms with E-state index in [0.29, 0.717) is 23.7 Å². The lowest BCUT2D eigenvalue weighted by molar-refractivity contribution is -0.147. The zero-order valence-corrected chi connectivity index (χ0v) is 27.4. The van der Waals surface area contributed by atoms with Crippen molar-refractivity contribution in [1.82, 2.24) is 0 Å². The third kappa shape index (κ3) is 16.8. The predicted octanol–water partition coefficient (Wildman–Crippen LogP) is 5.15. The van der Waals surface area contributed by atoms with Gasteiger partial charge in [0.05, 0.1) is 26.4 Å². The summed E-state index contributed by atoms with van der Waals surface area (Å²) in [6.07, 6.45) is 5.77. The first kappa shape index (κ1) is 37.3. The van der Waals surface area contributed by atoms with Crippen molar-refractivity contribution >= 4 is 70.9 Å². The van der Waals surface area contributed by atoms with Gasteiger partial charge in [-0.05, 0) is 61.0 Å². The molecule has 0 aliphatic carbocycles. The maximum absolute atomic E-state index is 12.1. The normalized spacial score (nSPS) is 12.7. The molecule has 0 aliphatic rings. The van der Waals surface area contributed by atoms with E-state index in [1.54, 1.807) is 23.5 Å². The monoisotopic (exact) mass is 682 g/mol. The molecule has 0 spiro atoms. The fourth-order valence-electron chi connectivity index (χ4n) is 3.19. The molecule has 2 rings (SSSR count). The minimum atomic E-state index is -1.26. The third-order valence-electron chi connectivity index (χ3n) is 5.26. The number of aliphatic carboxylic acids is 2. The van der Waals surface area contributed by atoms with Gasteiger partial charge in [-0.25, -0.2) is 19.2 Å². The van der Waals surface area contributed by atoms with Gasteiger partial charge in [-0.2, -0.15) is 0 Å². The molecule has 0 saturated heterocycles. The topological polar surface area (TPSA) is 146 Å². The minimum absolute atomic E-state index is 0.0478. The van der Waals surface area contributed by atoms with Crippen LogP contribution in [0.15, 0.2) is 92.4 Å². The van der Waals surface area contributed by atoms with E-state index < -0.39 is 36.1 Å². The van der Waals surface area contributed by atoms with E-state index in [9.17, 15) is 19.2 Å². The molecule has 14 heteroatoms. The number of carbonyl (C=O) groups is 4. The van der Waals surface area contributed by atoms with Gasteiger partial charge in [0, 0.05) is 55.4 Å². The van der Waals surface area contributed by atoms with Crippen LogP contribution in [0.5, 0.6) is 0 Å². The SMILES string of the molecule is CSc1ccc(SCC(COCCOCC(CSc2ccc(SC)cc2)OC(=O)/C=C/C(=O)O)OC(=O)/C=C/C(=O)O)cc1. The first-order valence-corrected chi connectivity index (χ1v) is 17.5. The van der Waals surface area contributed by atoms with Gasteiger partial charge in [0.15, 0.2) is 0 Å². The van der Waals surface area contributed by atoms with Crippen LogP contribution in [0.25, 0.3) is 0 Å². The highest BCUT2D eigenvalue weighted by Gasteiger charge is 2.17. The van der Waals surface area contributed by atoms with Crippen LogP contribution in [0.3, 0.4) is 0 Å². The van der Waals surface area contributed by atoms with Crippen molar-refractivity contribution < 1.29 is 48.3 Å². The summed E-state index contributed by atoms with van der Waals surface area (Å²) in [6, 6.07) is 15.8. The van der Waals surface area contributed by atoms with Crippen molar-refractivity contribution in [3.63, 3.8) is 0 Å². The van der Waals surface area contributed by atoms with Crippen molar-refractivity contribution in [2.45, 2.75) is 31.8 Å². The van der Waals surface area contributed by atoms with Gasteiger partial charge < -0.3 is 29.2 Å². The second-order valence-electron chi connectivity index (χ2n) is 8.58. The summed E-state index contributed by atoms with van der Waals surface area (Å²) in [5.74, 6) is -3.35. The Morgan fingerprint density at radius 3 is 1.27 bits per heavy atom. The fraction of sp³-hybridized carbons (Fsp3) is 0.333. The summed E-state index contributed by atoms with van der Waals surface area (Å²) in [6.45, 7) is 0.391. The number of thioether (sulfide) groups is 4. The summed E-state index contributed by atoms with van der Waals surface area (Å²) in [5.41, 5.74) is 0. The van der Waals surface area contributed by atoms with E-state index in [1.165, 1.54) is 23.5 Å². The molecule has 2 atom stereocenters. The molecular formula is C30H34O10S4. The smallest absolute Gasteiger partial charge is 0.331 e. The molecule has 10 nitrogen and oxygen atoms in total.